The highest BCUT2D eigenvalue weighted by molar-refractivity contribution is 5.94. The molecule has 2 rings (SSSR count). The summed E-state index contributed by atoms with van der Waals surface area (Å²) in [4.78, 5) is 47.4. The van der Waals surface area contributed by atoms with Crippen LogP contribution in [0.1, 0.15) is 30.6 Å². The summed E-state index contributed by atoms with van der Waals surface area (Å²) in [5.41, 5.74) is -0.801. The molecular formula is C18H20N2O6. The molecule has 2 N–H and O–H groups in total. The van der Waals surface area contributed by atoms with Crippen LogP contribution >= 0.6 is 0 Å². The van der Waals surface area contributed by atoms with Gasteiger partial charge in [0.1, 0.15) is 17.2 Å². The molecule has 2 aromatic rings. The third-order valence-electron chi connectivity index (χ3n) is 3.52. The minimum Gasteiger partial charge on any atom is -0.452 e. The van der Waals surface area contributed by atoms with Crippen molar-refractivity contribution in [1.29, 1.82) is 0 Å². The van der Waals surface area contributed by atoms with Crippen LogP contribution < -0.4 is 16.3 Å². The second kappa shape index (κ2) is 8.80. The first-order valence-electron chi connectivity index (χ1n) is 8.19. The second-order valence-corrected chi connectivity index (χ2v) is 5.64. The van der Waals surface area contributed by atoms with Crippen LogP contribution in [0.4, 0.5) is 0 Å². The van der Waals surface area contributed by atoms with Crippen LogP contribution in [0.15, 0.2) is 39.5 Å². The molecule has 0 fully saturated rings. The molecule has 8 nitrogen and oxygen atoms in total. The van der Waals surface area contributed by atoms with Gasteiger partial charge in [0.2, 0.25) is 5.91 Å². The fraction of sp³-hybridized carbons (Fsp3) is 0.333. The maximum Gasteiger partial charge on any atom is 0.351 e. The van der Waals surface area contributed by atoms with Gasteiger partial charge >= 0.3 is 11.6 Å². The summed E-state index contributed by atoms with van der Waals surface area (Å²) in [6.45, 7) is 3.32. The van der Waals surface area contributed by atoms with Crippen LogP contribution in [0.2, 0.25) is 0 Å². The molecule has 8 heteroatoms. The Morgan fingerprint density at radius 2 is 1.96 bits per heavy atom. The SMILES string of the molecule is CCCNC(=O)[C@@H](C)NC(=O)COC(=O)c1cc2ccccc2oc1=O. The number of carbonyl (C=O) groups excluding carboxylic acids is 3. The maximum absolute atomic E-state index is 12.0. The smallest absolute Gasteiger partial charge is 0.351 e. The number of ether oxygens (including phenoxy) is 1. The van der Waals surface area contributed by atoms with Crippen molar-refractivity contribution in [1.82, 2.24) is 10.6 Å². The number of rotatable bonds is 7. The molecule has 1 aromatic carbocycles. The van der Waals surface area contributed by atoms with Gasteiger partial charge in [0.25, 0.3) is 5.91 Å². The fourth-order valence-corrected chi connectivity index (χ4v) is 2.16. The van der Waals surface area contributed by atoms with Gasteiger partial charge in [-0.3, -0.25) is 9.59 Å². The first kappa shape index (κ1) is 19.2. The van der Waals surface area contributed by atoms with E-state index in [1.807, 2.05) is 6.92 Å². The van der Waals surface area contributed by atoms with Gasteiger partial charge < -0.3 is 19.8 Å². The van der Waals surface area contributed by atoms with E-state index in [9.17, 15) is 19.2 Å². The lowest BCUT2D eigenvalue weighted by Gasteiger charge is -2.13. The number of benzene rings is 1. The van der Waals surface area contributed by atoms with Gasteiger partial charge in [-0.05, 0) is 25.5 Å². The van der Waals surface area contributed by atoms with Gasteiger partial charge in [-0.2, -0.15) is 0 Å². The normalized spacial score (nSPS) is 11.6. The number of hydrogen-bond donors (Lipinski definition) is 2. The highest BCUT2D eigenvalue weighted by Crippen LogP contribution is 2.13. The summed E-state index contributed by atoms with van der Waals surface area (Å²) in [5, 5.41) is 5.61. The van der Waals surface area contributed by atoms with Crippen molar-refractivity contribution in [3.8, 4) is 0 Å². The molecule has 138 valence electrons. The van der Waals surface area contributed by atoms with Crippen molar-refractivity contribution >= 4 is 28.8 Å². The van der Waals surface area contributed by atoms with E-state index in [2.05, 4.69) is 10.6 Å². The summed E-state index contributed by atoms with van der Waals surface area (Å²) in [6, 6.07) is 7.30. The Hall–Kier alpha value is -3.16. The standard InChI is InChI=1S/C18H20N2O6/c1-3-8-19-16(22)11(2)20-15(21)10-25-17(23)13-9-12-6-4-5-7-14(12)26-18(13)24/h4-7,9,11H,3,8,10H2,1-2H3,(H,19,22)(H,20,21)/t11-/m1/s1. The maximum atomic E-state index is 12.0. The van der Waals surface area contributed by atoms with Gasteiger partial charge in [0, 0.05) is 11.9 Å². The molecule has 0 bridgehead atoms. The molecule has 1 atom stereocenters. The topological polar surface area (TPSA) is 115 Å². The Morgan fingerprint density at radius 1 is 1.23 bits per heavy atom. The van der Waals surface area contributed by atoms with E-state index in [4.69, 9.17) is 9.15 Å². The van der Waals surface area contributed by atoms with Crippen LogP contribution in [-0.2, 0) is 14.3 Å². The zero-order chi connectivity index (χ0) is 19.1. The molecule has 0 radical (unpaired) electrons. The van der Waals surface area contributed by atoms with E-state index in [-0.39, 0.29) is 11.5 Å². The van der Waals surface area contributed by atoms with Gasteiger partial charge in [0.15, 0.2) is 6.61 Å². The molecule has 0 aliphatic heterocycles. The largest absolute Gasteiger partial charge is 0.452 e. The van der Waals surface area contributed by atoms with E-state index in [0.29, 0.717) is 17.5 Å². The van der Waals surface area contributed by atoms with E-state index in [1.54, 1.807) is 24.3 Å². The highest BCUT2D eigenvalue weighted by Gasteiger charge is 2.19. The molecule has 0 saturated heterocycles. The van der Waals surface area contributed by atoms with Gasteiger partial charge in [0.05, 0.1) is 0 Å². The van der Waals surface area contributed by atoms with E-state index in [1.165, 1.54) is 13.0 Å². The fourth-order valence-electron chi connectivity index (χ4n) is 2.16. The van der Waals surface area contributed by atoms with E-state index in [0.717, 1.165) is 6.42 Å². The molecule has 0 aliphatic carbocycles. The molecule has 2 amide bonds. The van der Waals surface area contributed by atoms with Crippen LogP contribution in [-0.4, -0.2) is 37.0 Å². The molecule has 26 heavy (non-hydrogen) atoms. The monoisotopic (exact) mass is 360 g/mol. The Balaban J connectivity index is 1.94. The number of carbonyl (C=O) groups is 3. The number of hydrogen-bond acceptors (Lipinski definition) is 6. The third kappa shape index (κ3) is 4.92. The first-order valence-corrected chi connectivity index (χ1v) is 8.19. The lowest BCUT2D eigenvalue weighted by molar-refractivity contribution is -0.130. The van der Waals surface area contributed by atoms with Crippen LogP contribution in [0.25, 0.3) is 11.0 Å². The van der Waals surface area contributed by atoms with E-state index >= 15 is 0 Å². The molecule has 0 unspecified atom stereocenters. The zero-order valence-electron chi connectivity index (χ0n) is 14.5. The molecule has 1 aromatic heterocycles. The average molecular weight is 360 g/mol. The molecule has 0 saturated carbocycles. The van der Waals surface area contributed by atoms with Crippen molar-refractivity contribution in [2.24, 2.45) is 0 Å². The van der Waals surface area contributed by atoms with Crippen LogP contribution in [0, 0.1) is 0 Å². The first-order chi connectivity index (χ1) is 12.4. The summed E-state index contributed by atoms with van der Waals surface area (Å²) in [6.07, 6.45) is 0.776. The van der Waals surface area contributed by atoms with Crippen molar-refractivity contribution in [3.05, 3.63) is 46.3 Å². The van der Waals surface area contributed by atoms with Gasteiger partial charge in [-0.25, -0.2) is 9.59 Å². The molecular weight excluding hydrogens is 340 g/mol. The zero-order valence-corrected chi connectivity index (χ0v) is 14.5. The minimum absolute atomic E-state index is 0.301. The Bertz CT molecular complexity index is 873. The molecule has 1 heterocycles. The highest BCUT2D eigenvalue weighted by atomic mass is 16.5. The summed E-state index contributed by atoms with van der Waals surface area (Å²) >= 11 is 0. The predicted octanol–water partition coefficient (Wildman–Crippen LogP) is 0.981. The van der Waals surface area contributed by atoms with Gasteiger partial charge in [-0.15, -0.1) is 0 Å². The Morgan fingerprint density at radius 3 is 2.69 bits per heavy atom. The summed E-state index contributed by atoms with van der Waals surface area (Å²) in [5.74, 6) is -1.95. The van der Waals surface area contributed by atoms with Crippen LogP contribution in [0.5, 0.6) is 0 Å². The van der Waals surface area contributed by atoms with Gasteiger partial charge in [-0.1, -0.05) is 25.1 Å². The van der Waals surface area contributed by atoms with Crippen molar-refractivity contribution in [3.63, 3.8) is 0 Å². The quantitative estimate of drug-likeness (QED) is 0.562. The lowest BCUT2D eigenvalue weighted by atomic mass is 10.2. The third-order valence-corrected chi connectivity index (χ3v) is 3.52. The number of para-hydroxylation sites is 1. The van der Waals surface area contributed by atoms with Crippen LogP contribution in [0.3, 0.4) is 0 Å². The molecule has 0 aliphatic rings. The average Bonchev–Trinajstić information content (AvgIpc) is 2.63. The number of fused-ring (bicyclic) bond motifs is 1. The second-order valence-electron chi connectivity index (χ2n) is 5.64. The van der Waals surface area contributed by atoms with E-state index < -0.39 is 30.2 Å². The van der Waals surface area contributed by atoms with Crippen molar-refractivity contribution < 1.29 is 23.5 Å². The van der Waals surface area contributed by atoms with Crippen molar-refractivity contribution in [2.75, 3.05) is 13.2 Å². The predicted molar refractivity (Wildman–Crippen MR) is 93.7 cm³/mol. The molecule has 0 spiro atoms. The summed E-state index contributed by atoms with van der Waals surface area (Å²) in [7, 11) is 0. The number of nitrogens with one attached hydrogen (secondary N) is 2. The number of esters is 1. The minimum atomic E-state index is -0.970. The number of amides is 2. The summed E-state index contributed by atoms with van der Waals surface area (Å²) < 4.78 is 9.88. The van der Waals surface area contributed by atoms with Crippen molar-refractivity contribution in [2.45, 2.75) is 26.3 Å². The Labute approximate surface area is 149 Å². The Kier molecular flexibility index (Phi) is 6.48. The lowest BCUT2D eigenvalue weighted by Crippen LogP contribution is -2.46.